The van der Waals surface area contributed by atoms with Crippen molar-refractivity contribution in [2.75, 3.05) is 26.2 Å². The number of hydrogen-bond donors (Lipinski definition) is 1. The monoisotopic (exact) mass is 383 g/mol. The zero-order valence-electron chi connectivity index (χ0n) is 16.2. The lowest BCUT2D eigenvalue weighted by atomic mass is 9.74. The zero-order chi connectivity index (χ0) is 19.7. The Labute approximate surface area is 164 Å². The zero-order valence-corrected chi connectivity index (χ0v) is 16.2. The largest absolute Gasteiger partial charge is 0.342 e. The average molecular weight is 383 g/mol. The molecule has 0 aliphatic carbocycles. The van der Waals surface area contributed by atoms with Crippen molar-refractivity contribution in [1.82, 2.24) is 14.8 Å². The minimum absolute atomic E-state index is 0.000360. The highest BCUT2D eigenvalue weighted by Gasteiger charge is 2.47. The van der Waals surface area contributed by atoms with E-state index in [1.165, 1.54) is 6.07 Å². The van der Waals surface area contributed by atoms with Crippen LogP contribution in [0.5, 0.6) is 0 Å². The van der Waals surface area contributed by atoms with Gasteiger partial charge in [-0.3, -0.25) is 9.59 Å². The summed E-state index contributed by atoms with van der Waals surface area (Å²) in [4.78, 5) is 27.1. The Kier molecular flexibility index (Phi) is 5.06. The molecular weight excluding hydrogens is 357 g/mol. The first-order valence-corrected chi connectivity index (χ1v) is 9.89. The van der Waals surface area contributed by atoms with Crippen molar-refractivity contribution in [3.63, 3.8) is 0 Å². The number of piperidine rings is 1. The normalized spacial score (nSPS) is 19.3. The molecule has 2 aliphatic heterocycles. The Morgan fingerprint density at radius 3 is 2.54 bits per heavy atom. The molecule has 3 heterocycles. The third kappa shape index (κ3) is 3.49. The van der Waals surface area contributed by atoms with Crippen LogP contribution >= 0.6 is 0 Å². The molecule has 1 N–H and O–H groups in total. The van der Waals surface area contributed by atoms with Crippen molar-refractivity contribution in [1.29, 1.82) is 0 Å². The third-order valence-electron chi connectivity index (χ3n) is 6.25. The van der Waals surface area contributed by atoms with Crippen LogP contribution < -0.4 is 10.9 Å². The van der Waals surface area contributed by atoms with Crippen molar-refractivity contribution in [3.05, 3.63) is 69.9 Å². The number of nitrogens with one attached hydrogen (secondary N) is 1. The molecule has 28 heavy (non-hydrogen) atoms. The molecule has 0 radical (unpaired) electrons. The van der Waals surface area contributed by atoms with Crippen molar-refractivity contribution < 1.29 is 9.18 Å². The summed E-state index contributed by atoms with van der Waals surface area (Å²) >= 11 is 0. The summed E-state index contributed by atoms with van der Waals surface area (Å²) in [7, 11) is 1.75. The van der Waals surface area contributed by atoms with Crippen LogP contribution in [0.1, 0.15) is 29.9 Å². The van der Waals surface area contributed by atoms with Gasteiger partial charge in [0.25, 0.3) is 5.56 Å². The quantitative estimate of drug-likeness (QED) is 0.879. The van der Waals surface area contributed by atoms with Gasteiger partial charge in [0.15, 0.2) is 0 Å². The predicted octanol–water partition coefficient (Wildman–Crippen LogP) is 2.06. The number of aryl methyl sites for hydroxylation is 1. The minimum atomic E-state index is -0.544. The number of amides is 1. The Morgan fingerprint density at radius 2 is 1.93 bits per heavy atom. The van der Waals surface area contributed by atoms with Crippen molar-refractivity contribution >= 4 is 5.91 Å². The molecule has 2 fully saturated rings. The molecule has 4 rings (SSSR count). The first kappa shape index (κ1) is 18.9. The molecule has 1 aromatic heterocycles. The number of likely N-dealkylation sites (tertiary alicyclic amines) is 1. The second-order valence-corrected chi connectivity index (χ2v) is 8.13. The van der Waals surface area contributed by atoms with E-state index in [9.17, 15) is 14.0 Å². The van der Waals surface area contributed by atoms with E-state index in [1.54, 1.807) is 36.0 Å². The number of hydrogen-bond acceptors (Lipinski definition) is 3. The van der Waals surface area contributed by atoms with Crippen LogP contribution in [0.25, 0.3) is 0 Å². The van der Waals surface area contributed by atoms with Gasteiger partial charge in [-0.1, -0.05) is 18.2 Å². The summed E-state index contributed by atoms with van der Waals surface area (Å²) in [5.41, 5.74) is 1.12. The standard InChI is InChI=1S/C22H26FN3O2/c1-25-9-6-17(12-20(25)27)16-7-10-26(11-8-16)21(28)22(14-24-15-22)13-18-4-2-3-5-19(18)23/h2-6,9,12,16,24H,7-8,10-11,13-15H2,1H3. The number of benzene rings is 1. The maximum atomic E-state index is 14.1. The highest BCUT2D eigenvalue weighted by atomic mass is 19.1. The van der Waals surface area contributed by atoms with Crippen LogP contribution in [0.15, 0.2) is 47.4 Å². The van der Waals surface area contributed by atoms with Gasteiger partial charge in [0.1, 0.15) is 5.82 Å². The van der Waals surface area contributed by atoms with Crippen LogP contribution in [-0.4, -0.2) is 41.6 Å². The van der Waals surface area contributed by atoms with E-state index in [0.29, 0.717) is 44.1 Å². The van der Waals surface area contributed by atoms with E-state index >= 15 is 0 Å². The minimum Gasteiger partial charge on any atom is -0.342 e. The molecule has 0 unspecified atom stereocenters. The fourth-order valence-electron chi connectivity index (χ4n) is 4.35. The van der Waals surface area contributed by atoms with Gasteiger partial charge in [-0.05, 0) is 48.4 Å². The SMILES string of the molecule is Cn1ccc(C2CCN(C(=O)C3(Cc4ccccc4F)CNC3)CC2)cc1=O. The maximum absolute atomic E-state index is 14.1. The molecule has 2 aliphatic rings. The van der Waals surface area contributed by atoms with Crippen molar-refractivity contribution in [3.8, 4) is 0 Å². The molecule has 0 saturated carbocycles. The molecule has 0 bridgehead atoms. The predicted molar refractivity (Wildman–Crippen MR) is 106 cm³/mol. The molecule has 5 nitrogen and oxygen atoms in total. The summed E-state index contributed by atoms with van der Waals surface area (Å²) in [6.07, 6.45) is 3.93. The number of pyridine rings is 1. The molecule has 6 heteroatoms. The first-order valence-electron chi connectivity index (χ1n) is 9.89. The Morgan fingerprint density at radius 1 is 1.21 bits per heavy atom. The Bertz CT molecular complexity index is 927. The molecule has 1 amide bonds. The van der Waals surface area contributed by atoms with E-state index in [0.717, 1.165) is 18.4 Å². The second-order valence-electron chi connectivity index (χ2n) is 8.13. The smallest absolute Gasteiger partial charge is 0.250 e. The van der Waals surface area contributed by atoms with E-state index in [1.807, 2.05) is 17.0 Å². The number of carbonyl (C=O) groups is 1. The molecular formula is C22H26FN3O2. The van der Waals surface area contributed by atoms with Gasteiger partial charge in [-0.25, -0.2) is 4.39 Å². The lowest BCUT2D eigenvalue weighted by Crippen LogP contribution is -2.63. The van der Waals surface area contributed by atoms with Gasteiger partial charge in [-0.2, -0.15) is 0 Å². The summed E-state index contributed by atoms with van der Waals surface area (Å²) < 4.78 is 15.7. The van der Waals surface area contributed by atoms with Crippen LogP contribution in [0.4, 0.5) is 4.39 Å². The lowest BCUT2D eigenvalue weighted by Gasteiger charge is -2.46. The molecule has 148 valence electrons. The number of aromatic nitrogens is 1. The van der Waals surface area contributed by atoms with E-state index < -0.39 is 5.41 Å². The fraction of sp³-hybridized carbons (Fsp3) is 0.455. The Hall–Kier alpha value is -2.47. The number of rotatable bonds is 4. The van der Waals surface area contributed by atoms with Gasteiger partial charge < -0.3 is 14.8 Å². The molecule has 1 aromatic carbocycles. The second kappa shape index (κ2) is 7.51. The summed E-state index contributed by atoms with van der Waals surface area (Å²) in [6, 6.07) is 10.4. The summed E-state index contributed by atoms with van der Waals surface area (Å²) in [5, 5.41) is 3.20. The van der Waals surface area contributed by atoms with Gasteiger partial charge in [0, 0.05) is 45.5 Å². The van der Waals surface area contributed by atoms with Crippen LogP contribution in [0.2, 0.25) is 0 Å². The topological polar surface area (TPSA) is 54.3 Å². The average Bonchev–Trinajstić information content (AvgIpc) is 2.68. The van der Waals surface area contributed by atoms with Gasteiger partial charge in [0.2, 0.25) is 5.91 Å². The van der Waals surface area contributed by atoms with E-state index in [-0.39, 0.29) is 17.3 Å². The van der Waals surface area contributed by atoms with Gasteiger partial charge >= 0.3 is 0 Å². The first-order chi connectivity index (χ1) is 13.5. The van der Waals surface area contributed by atoms with E-state index in [2.05, 4.69) is 5.32 Å². The van der Waals surface area contributed by atoms with Crippen molar-refractivity contribution in [2.45, 2.75) is 25.2 Å². The highest BCUT2D eigenvalue weighted by molar-refractivity contribution is 5.85. The third-order valence-corrected chi connectivity index (χ3v) is 6.25. The molecule has 2 saturated heterocycles. The maximum Gasteiger partial charge on any atom is 0.250 e. The van der Waals surface area contributed by atoms with Crippen LogP contribution in [0.3, 0.4) is 0 Å². The summed E-state index contributed by atoms with van der Waals surface area (Å²) in [5.74, 6) is 0.183. The molecule has 2 aromatic rings. The van der Waals surface area contributed by atoms with Crippen LogP contribution in [0, 0.1) is 11.2 Å². The summed E-state index contributed by atoms with van der Waals surface area (Å²) in [6.45, 7) is 2.54. The number of nitrogens with zero attached hydrogens (tertiary/aromatic N) is 2. The fourth-order valence-corrected chi connectivity index (χ4v) is 4.35. The Balaban J connectivity index is 1.43. The van der Waals surface area contributed by atoms with Gasteiger partial charge in [0.05, 0.1) is 5.41 Å². The van der Waals surface area contributed by atoms with Crippen molar-refractivity contribution in [2.24, 2.45) is 12.5 Å². The highest BCUT2D eigenvalue weighted by Crippen LogP contribution is 2.34. The van der Waals surface area contributed by atoms with Crippen LogP contribution in [-0.2, 0) is 18.3 Å². The lowest BCUT2D eigenvalue weighted by molar-refractivity contribution is -0.146. The molecule has 0 atom stereocenters. The van der Waals surface area contributed by atoms with E-state index in [4.69, 9.17) is 0 Å². The number of halogens is 1. The number of carbonyl (C=O) groups excluding carboxylic acids is 1. The van der Waals surface area contributed by atoms with Gasteiger partial charge in [-0.15, -0.1) is 0 Å². The molecule has 0 spiro atoms.